The molecule has 1 saturated heterocycles. The molecule has 7 N–H and O–H groups in total. The molecule has 1 aliphatic heterocycles. The summed E-state index contributed by atoms with van der Waals surface area (Å²) in [5.41, 5.74) is 0. The van der Waals surface area contributed by atoms with Gasteiger partial charge in [-0.3, -0.25) is 0 Å². The largest absolute Gasteiger partial charge is 0.394 e. The highest BCUT2D eigenvalue weighted by Crippen LogP contribution is 2.25. The molecule has 9 atom stereocenters. The van der Waals surface area contributed by atoms with Crippen LogP contribution in [0.15, 0.2) is 0 Å². The van der Waals surface area contributed by atoms with E-state index in [4.69, 9.17) is 19.3 Å². The molecule has 0 aromatic rings. The number of ether oxygens (including phenoxy) is 3. The number of hydrogen-bond donors (Lipinski definition) is 7. The van der Waals surface area contributed by atoms with E-state index in [9.17, 15) is 30.6 Å². The zero-order valence-corrected chi connectivity index (χ0v) is 13.0. The lowest BCUT2D eigenvalue weighted by Gasteiger charge is -2.42. The van der Waals surface area contributed by atoms with E-state index in [2.05, 4.69) is 0 Å². The summed E-state index contributed by atoms with van der Waals surface area (Å²) < 4.78 is 15.5. The van der Waals surface area contributed by atoms with Gasteiger partial charge in [0.25, 0.3) is 0 Å². The minimum Gasteiger partial charge on any atom is -0.394 e. The highest BCUT2D eigenvalue weighted by Gasteiger charge is 2.46. The van der Waals surface area contributed by atoms with Gasteiger partial charge in [-0.1, -0.05) is 0 Å². The molecule has 1 rings (SSSR count). The molecule has 0 amide bonds. The molecule has 1 fully saturated rings. The summed E-state index contributed by atoms with van der Waals surface area (Å²) in [5, 5.41) is 67.3. The zero-order valence-electron chi connectivity index (χ0n) is 13.0. The SMILES string of the molecule is COC(CO)C(OC1OC(CO)C(O)C(O)C1O)C(O)C(C)O. The summed E-state index contributed by atoms with van der Waals surface area (Å²) in [4.78, 5) is 0. The van der Waals surface area contributed by atoms with Gasteiger partial charge in [0.15, 0.2) is 6.29 Å². The van der Waals surface area contributed by atoms with Gasteiger partial charge in [0.05, 0.1) is 19.3 Å². The molecule has 0 bridgehead atoms. The van der Waals surface area contributed by atoms with Gasteiger partial charge in [0, 0.05) is 7.11 Å². The summed E-state index contributed by atoms with van der Waals surface area (Å²) >= 11 is 0. The highest BCUT2D eigenvalue weighted by molar-refractivity contribution is 4.91. The van der Waals surface area contributed by atoms with E-state index < -0.39 is 68.3 Å². The molecular formula is C13H26O10. The van der Waals surface area contributed by atoms with E-state index in [1.54, 1.807) is 0 Å². The van der Waals surface area contributed by atoms with Crippen molar-refractivity contribution in [3.63, 3.8) is 0 Å². The number of rotatable bonds is 8. The Morgan fingerprint density at radius 3 is 2.09 bits per heavy atom. The third kappa shape index (κ3) is 4.79. The van der Waals surface area contributed by atoms with Gasteiger partial charge in [0.2, 0.25) is 0 Å². The molecule has 0 radical (unpaired) electrons. The summed E-state index contributed by atoms with van der Waals surface area (Å²) in [5.74, 6) is 0. The van der Waals surface area contributed by atoms with Crippen LogP contribution in [0.25, 0.3) is 0 Å². The van der Waals surface area contributed by atoms with Crippen molar-refractivity contribution >= 4 is 0 Å². The van der Waals surface area contributed by atoms with Crippen LogP contribution in [0.2, 0.25) is 0 Å². The Labute approximate surface area is 133 Å². The number of aliphatic hydroxyl groups excluding tert-OH is 7. The molecule has 1 aliphatic rings. The lowest BCUT2D eigenvalue weighted by molar-refractivity contribution is -0.327. The van der Waals surface area contributed by atoms with Crippen molar-refractivity contribution < 1.29 is 50.0 Å². The van der Waals surface area contributed by atoms with Gasteiger partial charge in [0.1, 0.15) is 42.7 Å². The van der Waals surface area contributed by atoms with Crippen molar-refractivity contribution in [2.24, 2.45) is 0 Å². The van der Waals surface area contributed by atoms with Gasteiger partial charge < -0.3 is 50.0 Å². The van der Waals surface area contributed by atoms with Crippen molar-refractivity contribution in [3.05, 3.63) is 0 Å². The Morgan fingerprint density at radius 1 is 1.04 bits per heavy atom. The maximum atomic E-state index is 10.0. The van der Waals surface area contributed by atoms with Crippen LogP contribution in [0.3, 0.4) is 0 Å². The second-order valence-corrected chi connectivity index (χ2v) is 5.49. The quantitative estimate of drug-likeness (QED) is 0.230. The average molecular weight is 342 g/mol. The number of aliphatic hydroxyl groups is 7. The molecule has 0 aromatic heterocycles. The van der Waals surface area contributed by atoms with Crippen LogP contribution in [-0.4, -0.2) is 111 Å². The van der Waals surface area contributed by atoms with Crippen molar-refractivity contribution in [2.45, 2.75) is 62.0 Å². The lowest BCUT2D eigenvalue weighted by atomic mass is 9.98. The summed E-state index contributed by atoms with van der Waals surface area (Å²) in [6, 6.07) is 0. The van der Waals surface area contributed by atoms with Gasteiger partial charge in [-0.2, -0.15) is 0 Å². The van der Waals surface area contributed by atoms with E-state index in [-0.39, 0.29) is 0 Å². The van der Waals surface area contributed by atoms with Crippen LogP contribution in [0.1, 0.15) is 6.92 Å². The van der Waals surface area contributed by atoms with Crippen LogP contribution in [-0.2, 0) is 14.2 Å². The standard InChI is InChI=1S/C13H26O10/c1-5(16)8(17)12(7(4-15)21-2)23-13-11(20)10(19)9(18)6(3-14)22-13/h5-20H,3-4H2,1-2H3. The van der Waals surface area contributed by atoms with Crippen LogP contribution < -0.4 is 0 Å². The van der Waals surface area contributed by atoms with Crippen LogP contribution in [0.4, 0.5) is 0 Å². The van der Waals surface area contributed by atoms with Gasteiger partial charge in [-0.15, -0.1) is 0 Å². The Bertz CT molecular complexity index is 333. The monoisotopic (exact) mass is 342 g/mol. The Balaban J connectivity index is 2.92. The maximum Gasteiger partial charge on any atom is 0.187 e. The van der Waals surface area contributed by atoms with Crippen LogP contribution in [0.5, 0.6) is 0 Å². The molecule has 9 unspecified atom stereocenters. The van der Waals surface area contributed by atoms with Gasteiger partial charge >= 0.3 is 0 Å². The Hall–Kier alpha value is -0.400. The number of hydrogen-bond acceptors (Lipinski definition) is 10. The first-order valence-electron chi connectivity index (χ1n) is 7.24. The molecule has 0 spiro atoms. The third-order valence-corrected chi connectivity index (χ3v) is 3.82. The molecule has 10 nitrogen and oxygen atoms in total. The van der Waals surface area contributed by atoms with Crippen LogP contribution in [0, 0.1) is 0 Å². The zero-order chi connectivity index (χ0) is 17.7. The highest BCUT2D eigenvalue weighted by atomic mass is 16.7. The second kappa shape index (κ2) is 9.18. The van der Waals surface area contributed by atoms with Crippen LogP contribution >= 0.6 is 0 Å². The smallest absolute Gasteiger partial charge is 0.187 e. The minimum absolute atomic E-state index is 0.553. The van der Waals surface area contributed by atoms with E-state index in [0.29, 0.717) is 0 Å². The molecule has 138 valence electrons. The molecule has 0 aliphatic carbocycles. The van der Waals surface area contributed by atoms with Crippen molar-refractivity contribution in [1.29, 1.82) is 0 Å². The summed E-state index contributed by atoms with van der Waals surface area (Å²) in [6.45, 7) is 0.100. The Morgan fingerprint density at radius 2 is 1.65 bits per heavy atom. The molecular weight excluding hydrogens is 316 g/mol. The minimum atomic E-state index is -1.67. The fraction of sp³-hybridized carbons (Fsp3) is 1.00. The first kappa shape index (κ1) is 20.6. The second-order valence-electron chi connectivity index (χ2n) is 5.49. The van der Waals surface area contributed by atoms with Crippen molar-refractivity contribution in [3.8, 4) is 0 Å². The molecule has 23 heavy (non-hydrogen) atoms. The fourth-order valence-corrected chi connectivity index (χ4v) is 2.31. The third-order valence-electron chi connectivity index (χ3n) is 3.82. The molecule has 0 aromatic carbocycles. The maximum absolute atomic E-state index is 10.0. The first-order chi connectivity index (χ1) is 10.8. The topological polar surface area (TPSA) is 169 Å². The fourth-order valence-electron chi connectivity index (χ4n) is 2.31. The van der Waals surface area contributed by atoms with E-state index in [0.717, 1.165) is 0 Å². The van der Waals surface area contributed by atoms with E-state index >= 15 is 0 Å². The van der Waals surface area contributed by atoms with E-state index in [1.165, 1.54) is 14.0 Å². The molecule has 10 heteroatoms. The van der Waals surface area contributed by atoms with Gasteiger partial charge in [-0.25, -0.2) is 0 Å². The first-order valence-corrected chi connectivity index (χ1v) is 7.24. The summed E-state index contributed by atoms with van der Waals surface area (Å²) in [7, 11) is 1.25. The average Bonchev–Trinajstić information content (AvgIpc) is 2.54. The van der Waals surface area contributed by atoms with Gasteiger partial charge in [-0.05, 0) is 6.92 Å². The number of methoxy groups -OCH3 is 1. The predicted octanol–water partition coefficient (Wildman–Crippen LogP) is -4.08. The predicted molar refractivity (Wildman–Crippen MR) is 74.2 cm³/mol. The van der Waals surface area contributed by atoms with E-state index in [1.807, 2.05) is 0 Å². The summed E-state index contributed by atoms with van der Waals surface area (Å²) in [6.07, 6.45) is -12.7. The molecule has 1 heterocycles. The normalized spacial score (nSPS) is 37.2. The Kier molecular flexibility index (Phi) is 8.24. The van der Waals surface area contributed by atoms with Crippen molar-refractivity contribution in [1.82, 2.24) is 0 Å². The van der Waals surface area contributed by atoms with Crippen molar-refractivity contribution in [2.75, 3.05) is 20.3 Å². The molecule has 0 saturated carbocycles. The lowest BCUT2D eigenvalue weighted by Crippen LogP contribution is -2.61.